The summed E-state index contributed by atoms with van der Waals surface area (Å²) in [6, 6.07) is 9.08. The molecule has 4 aromatic rings. The van der Waals surface area contributed by atoms with Crippen molar-refractivity contribution in [3.8, 4) is 28.3 Å². The molecule has 0 aliphatic carbocycles. The van der Waals surface area contributed by atoms with Gasteiger partial charge >= 0.3 is 0 Å². The molecule has 0 saturated heterocycles. The first-order valence-electron chi connectivity index (χ1n) is 8.51. The fourth-order valence-corrected chi connectivity index (χ4v) is 2.72. The van der Waals surface area contributed by atoms with Gasteiger partial charge in [-0.25, -0.2) is 4.98 Å². The third-order valence-corrected chi connectivity index (χ3v) is 4.45. The first kappa shape index (κ1) is 17.5. The zero-order chi connectivity index (χ0) is 19.7. The zero-order valence-electron chi connectivity index (χ0n) is 15.6. The predicted molar refractivity (Wildman–Crippen MR) is 102 cm³/mol. The smallest absolute Gasteiger partial charge is 0.280 e. The van der Waals surface area contributed by atoms with Crippen LogP contribution in [0.5, 0.6) is 5.75 Å². The molecule has 9 nitrogen and oxygen atoms in total. The van der Waals surface area contributed by atoms with Gasteiger partial charge in [0.15, 0.2) is 11.5 Å². The number of ether oxygens (including phenoxy) is 1. The van der Waals surface area contributed by atoms with E-state index in [0.717, 1.165) is 28.3 Å². The number of nitrogens with one attached hydrogen (secondary N) is 2. The van der Waals surface area contributed by atoms with Gasteiger partial charge in [-0.2, -0.15) is 5.10 Å². The summed E-state index contributed by atoms with van der Waals surface area (Å²) in [4.78, 5) is 19.7. The van der Waals surface area contributed by atoms with Crippen molar-refractivity contribution in [2.45, 2.75) is 6.92 Å². The number of nitrogens with zero attached hydrogens (tertiary/aromatic N) is 4. The van der Waals surface area contributed by atoms with Crippen LogP contribution in [0.4, 0.5) is 5.95 Å². The Kier molecular flexibility index (Phi) is 4.40. The third kappa shape index (κ3) is 3.25. The largest absolute Gasteiger partial charge is 0.497 e. The van der Waals surface area contributed by atoms with Gasteiger partial charge in [0.2, 0.25) is 5.95 Å². The van der Waals surface area contributed by atoms with Crippen LogP contribution in [-0.2, 0) is 7.05 Å². The van der Waals surface area contributed by atoms with Crippen molar-refractivity contribution in [3.63, 3.8) is 0 Å². The molecule has 1 amide bonds. The molecule has 1 aromatic carbocycles. The van der Waals surface area contributed by atoms with Crippen LogP contribution in [0.25, 0.3) is 22.6 Å². The summed E-state index contributed by atoms with van der Waals surface area (Å²) < 4.78 is 12.2. The number of rotatable bonds is 5. The third-order valence-electron chi connectivity index (χ3n) is 4.45. The van der Waals surface area contributed by atoms with Crippen LogP contribution in [-0.4, -0.2) is 37.9 Å². The molecule has 142 valence electrons. The van der Waals surface area contributed by atoms with Gasteiger partial charge in [-0.15, -0.1) is 0 Å². The Bertz CT molecular complexity index is 1120. The standard InChI is InChI=1S/C19H18N6O3/c1-11-14(9-21-25(11)2)17-8-15(24-28-17)18(26)23-19-20-10-16(22-19)12-4-6-13(27-3)7-5-12/h4-10H,1-3H3,(H2,20,22,23,26). The van der Waals surface area contributed by atoms with E-state index in [1.54, 1.807) is 30.3 Å². The van der Waals surface area contributed by atoms with E-state index in [-0.39, 0.29) is 5.69 Å². The molecule has 0 aliphatic heterocycles. The first-order valence-corrected chi connectivity index (χ1v) is 8.51. The van der Waals surface area contributed by atoms with Crippen LogP contribution in [0.15, 0.2) is 47.2 Å². The van der Waals surface area contributed by atoms with Crippen molar-refractivity contribution in [2.24, 2.45) is 7.05 Å². The van der Waals surface area contributed by atoms with E-state index >= 15 is 0 Å². The van der Waals surface area contributed by atoms with Crippen molar-refractivity contribution in [1.82, 2.24) is 24.9 Å². The van der Waals surface area contributed by atoms with Gasteiger partial charge in [-0.1, -0.05) is 5.16 Å². The van der Waals surface area contributed by atoms with Gasteiger partial charge < -0.3 is 14.2 Å². The van der Waals surface area contributed by atoms with Crippen LogP contribution in [0, 0.1) is 6.92 Å². The van der Waals surface area contributed by atoms with E-state index < -0.39 is 5.91 Å². The Morgan fingerprint density at radius 3 is 2.71 bits per heavy atom. The Morgan fingerprint density at radius 2 is 2.04 bits per heavy atom. The molecule has 0 atom stereocenters. The molecular formula is C19H18N6O3. The number of amides is 1. The Labute approximate surface area is 160 Å². The lowest BCUT2D eigenvalue weighted by Crippen LogP contribution is -2.13. The number of aryl methyl sites for hydroxylation is 1. The average Bonchev–Trinajstić information content (AvgIpc) is 3.44. The van der Waals surface area contributed by atoms with Gasteiger partial charge in [0.25, 0.3) is 5.91 Å². The second-order valence-electron chi connectivity index (χ2n) is 6.17. The minimum Gasteiger partial charge on any atom is -0.497 e. The van der Waals surface area contributed by atoms with E-state index in [1.165, 1.54) is 0 Å². The summed E-state index contributed by atoms with van der Waals surface area (Å²) in [5, 5.41) is 10.7. The molecule has 0 fully saturated rings. The highest BCUT2D eigenvalue weighted by Gasteiger charge is 2.17. The number of carbonyl (C=O) groups is 1. The lowest BCUT2D eigenvalue weighted by molar-refractivity contribution is 0.101. The number of H-pyrrole nitrogens is 1. The SMILES string of the molecule is COc1ccc(-c2cnc(NC(=O)c3cc(-c4cnn(C)c4C)on3)[nH]2)cc1. The average molecular weight is 378 g/mol. The summed E-state index contributed by atoms with van der Waals surface area (Å²) in [5.74, 6) is 1.14. The number of hydrogen-bond acceptors (Lipinski definition) is 6. The lowest BCUT2D eigenvalue weighted by atomic mass is 10.2. The zero-order valence-corrected chi connectivity index (χ0v) is 15.6. The fourth-order valence-electron chi connectivity index (χ4n) is 2.72. The Morgan fingerprint density at radius 1 is 1.25 bits per heavy atom. The summed E-state index contributed by atoms with van der Waals surface area (Å²) in [7, 11) is 3.45. The van der Waals surface area contributed by atoms with Crippen LogP contribution in [0.3, 0.4) is 0 Å². The van der Waals surface area contributed by atoms with Crippen molar-refractivity contribution in [3.05, 3.63) is 54.1 Å². The number of aromatic amines is 1. The number of imidazole rings is 1. The van der Waals surface area contributed by atoms with Crippen molar-refractivity contribution >= 4 is 11.9 Å². The molecule has 0 bridgehead atoms. The molecule has 9 heteroatoms. The normalized spacial score (nSPS) is 10.8. The van der Waals surface area contributed by atoms with Crippen molar-refractivity contribution < 1.29 is 14.1 Å². The second kappa shape index (κ2) is 7.03. The number of aromatic nitrogens is 5. The van der Waals surface area contributed by atoms with Gasteiger partial charge in [0.05, 0.1) is 30.8 Å². The van der Waals surface area contributed by atoms with Crippen LogP contribution in [0.1, 0.15) is 16.2 Å². The molecule has 0 unspecified atom stereocenters. The topological polar surface area (TPSA) is 111 Å². The molecule has 0 saturated carbocycles. The number of carbonyl (C=O) groups excluding carboxylic acids is 1. The highest BCUT2D eigenvalue weighted by molar-refractivity contribution is 6.02. The number of anilines is 1. The van der Waals surface area contributed by atoms with Gasteiger partial charge in [0.1, 0.15) is 5.75 Å². The highest BCUT2D eigenvalue weighted by atomic mass is 16.5. The van der Waals surface area contributed by atoms with E-state index in [4.69, 9.17) is 9.26 Å². The van der Waals surface area contributed by atoms with Crippen molar-refractivity contribution in [1.29, 1.82) is 0 Å². The Balaban J connectivity index is 1.48. The molecule has 3 heterocycles. The van der Waals surface area contributed by atoms with Crippen LogP contribution < -0.4 is 10.1 Å². The van der Waals surface area contributed by atoms with Gasteiger partial charge in [-0.3, -0.25) is 14.8 Å². The van der Waals surface area contributed by atoms with Crippen molar-refractivity contribution in [2.75, 3.05) is 12.4 Å². The Hall–Kier alpha value is -3.88. The molecule has 0 radical (unpaired) electrons. The maximum absolute atomic E-state index is 12.4. The van der Waals surface area contributed by atoms with E-state index in [2.05, 4.69) is 25.5 Å². The summed E-state index contributed by atoms with van der Waals surface area (Å²) in [6.45, 7) is 1.91. The van der Waals surface area contributed by atoms with Gasteiger partial charge in [-0.05, 0) is 36.8 Å². The summed E-state index contributed by atoms with van der Waals surface area (Å²) in [6.07, 6.45) is 3.32. The molecular weight excluding hydrogens is 360 g/mol. The fraction of sp³-hybridized carbons (Fsp3) is 0.158. The quantitative estimate of drug-likeness (QED) is 0.552. The van der Waals surface area contributed by atoms with E-state index in [9.17, 15) is 4.79 Å². The molecule has 28 heavy (non-hydrogen) atoms. The highest BCUT2D eigenvalue weighted by Crippen LogP contribution is 2.24. The maximum Gasteiger partial charge on any atom is 0.280 e. The van der Waals surface area contributed by atoms with Gasteiger partial charge in [0, 0.05) is 18.8 Å². The summed E-state index contributed by atoms with van der Waals surface area (Å²) >= 11 is 0. The van der Waals surface area contributed by atoms with Crippen LogP contribution >= 0.6 is 0 Å². The first-order chi connectivity index (χ1) is 13.5. The lowest BCUT2D eigenvalue weighted by Gasteiger charge is -2.01. The number of methoxy groups -OCH3 is 1. The molecule has 0 spiro atoms. The maximum atomic E-state index is 12.4. The predicted octanol–water partition coefficient (Wildman–Crippen LogP) is 3.03. The number of benzene rings is 1. The van der Waals surface area contributed by atoms with Crippen LogP contribution in [0.2, 0.25) is 0 Å². The minimum absolute atomic E-state index is 0.153. The number of hydrogen-bond donors (Lipinski definition) is 2. The molecule has 2 N–H and O–H groups in total. The molecule has 4 rings (SSSR count). The minimum atomic E-state index is -0.424. The second-order valence-corrected chi connectivity index (χ2v) is 6.17. The summed E-state index contributed by atoms with van der Waals surface area (Å²) in [5.41, 5.74) is 3.54. The molecule has 0 aliphatic rings. The van der Waals surface area contributed by atoms with E-state index in [0.29, 0.717) is 11.7 Å². The van der Waals surface area contributed by atoms with E-state index in [1.807, 2.05) is 38.2 Å². The monoisotopic (exact) mass is 378 g/mol. The molecule has 3 aromatic heterocycles.